The number of likely N-dealkylation sites (N-methyl/N-ethyl adjacent to an activating group) is 1. The summed E-state index contributed by atoms with van der Waals surface area (Å²) in [6.45, 7) is 6.62. The normalized spacial score (nSPS) is 11.2. The minimum absolute atomic E-state index is 0.376. The van der Waals surface area contributed by atoms with Gasteiger partial charge in [0.25, 0.3) is 0 Å². The fraction of sp³-hybridized carbons (Fsp3) is 0.615. The van der Waals surface area contributed by atoms with Crippen molar-refractivity contribution in [3.63, 3.8) is 0 Å². The topological polar surface area (TPSA) is 54.7 Å². The minimum Gasteiger partial charge on any atom is -0.478 e. The Morgan fingerprint density at radius 3 is 2.56 bits per heavy atom. The molecule has 0 radical (unpaired) electrons. The van der Waals surface area contributed by atoms with Crippen LogP contribution in [0.15, 0.2) is 6.07 Å². The summed E-state index contributed by atoms with van der Waals surface area (Å²) >= 11 is 0. The quantitative estimate of drug-likeness (QED) is 0.747. The van der Waals surface area contributed by atoms with Crippen LogP contribution in [0.25, 0.3) is 0 Å². The van der Waals surface area contributed by atoms with Crippen molar-refractivity contribution in [2.24, 2.45) is 0 Å². The minimum atomic E-state index is -0.872. The van der Waals surface area contributed by atoms with E-state index in [1.807, 2.05) is 32.5 Å². The largest absolute Gasteiger partial charge is 0.478 e. The second kappa shape index (κ2) is 6.56. The number of nitrogens with zero attached hydrogens (tertiary/aromatic N) is 2. The van der Waals surface area contributed by atoms with Crippen LogP contribution in [0, 0.1) is 13.8 Å². The SMILES string of the molecule is Cc1cc(C(=O)O)c(C)n1CCOCCN(C)C. The van der Waals surface area contributed by atoms with E-state index >= 15 is 0 Å². The Labute approximate surface area is 108 Å². The van der Waals surface area contributed by atoms with E-state index in [4.69, 9.17) is 9.84 Å². The highest BCUT2D eigenvalue weighted by Gasteiger charge is 2.13. The molecule has 0 saturated carbocycles. The summed E-state index contributed by atoms with van der Waals surface area (Å²) in [5, 5.41) is 9.02. The predicted octanol–water partition coefficient (Wildman–Crippen LogP) is 1.38. The first-order chi connectivity index (χ1) is 8.43. The first-order valence-electron chi connectivity index (χ1n) is 6.06. The lowest BCUT2D eigenvalue weighted by Gasteiger charge is -2.12. The van der Waals surface area contributed by atoms with E-state index in [-0.39, 0.29) is 0 Å². The number of aryl methyl sites for hydroxylation is 1. The van der Waals surface area contributed by atoms with Gasteiger partial charge < -0.3 is 19.3 Å². The average Bonchev–Trinajstić information content (AvgIpc) is 2.55. The maximum absolute atomic E-state index is 11.0. The summed E-state index contributed by atoms with van der Waals surface area (Å²) in [5.41, 5.74) is 2.12. The van der Waals surface area contributed by atoms with Gasteiger partial charge in [-0.05, 0) is 34.0 Å². The first-order valence-corrected chi connectivity index (χ1v) is 6.06. The molecule has 0 fully saturated rings. The average molecular weight is 254 g/mol. The highest BCUT2D eigenvalue weighted by atomic mass is 16.5. The molecule has 0 amide bonds. The van der Waals surface area contributed by atoms with Crippen LogP contribution >= 0.6 is 0 Å². The molecule has 0 saturated heterocycles. The Bertz CT molecular complexity index is 411. The van der Waals surface area contributed by atoms with Crippen molar-refractivity contribution in [2.45, 2.75) is 20.4 Å². The molecule has 0 unspecified atom stereocenters. The van der Waals surface area contributed by atoms with Gasteiger partial charge in [0.05, 0.1) is 18.8 Å². The van der Waals surface area contributed by atoms with E-state index in [1.54, 1.807) is 6.07 Å². The number of hydrogen-bond donors (Lipinski definition) is 1. The van der Waals surface area contributed by atoms with Crippen molar-refractivity contribution >= 4 is 5.97 Å². The summed E-state index contributed by atoms with van der Waals surface area (Å²) in [4.78, 5) is 13.1. The van der Waals surface area contributed by atoms with Gasteiger partial charge in [0, 0.05) is 24.5 Å². The summed E-state index contributed by atoms with van der Waals surface area (Å²) in [7, 11) is 4.01. The molecule has 0 aliphatic carbocycles. The third kappa shape index (κ3) is 3.85. The zero-order valence-corrected chi connectivity index (χ0v) is 11.6. The molecule has 5 nitrogen and oxygen atoms in total. The molecule has 5 heteroatoms. The standard InChI is InChI=1S/C13H22N2O3/c1-10-9-12(13(16)17)11(2)15(10)6-8-18-7-5-14(3)4/h9H,5-8H2,1-4H3,(H,16,17). The van der Waals surface area contributed by atoms with Gasteiger partial charge in [-0.1, -0.05) is 0 Å². The lowest BCUT2D eigenvalue weighted by Crippen LogP contribution is -2.19. The van der Waals surface area contributed by atoms with Gasteiger partial charge in [0.15, 0.2) is 0 Å². The van der Waals surface area contributed by atoms with E-state index in [1.165, 1.54) is 0 Å². The zero-order chi connectivity index (χ0) is 13.7. The molecule has 1 rings (SSSR count). The van der Waals surface area contributed by atoms with Crippen LogP contribution in [0.3, 0.4) is 0 Å². The highest BCUT2D eigenvalue weighted by molar-refractivity contribution is 5.89. The third-order valence-corrected chi connectivity index (χ3v) is 2.95. The van der Waals surface area contributed by atoms with Crippen molar-refractivity contribution < 1.29 is 14.6 Å². The fourth-order valence-electron chi connectivity index (χ4n) is 1.87. The number of carboxylic acids is 1. The molecule has 102 valence electrons. The number of carboxylic acid groups (broad SMARTS) is 1. The van der Waals surface area contributed by atoms with Crippen LogP contribution in [0.5, 0.6) is 0 Å². The maximum Gasteiger partial charge on any atom is 0.337 e. The molecule has 0 atom stereocenters. The molecule has 0 spiro atoms. The van der Waals surface area contributed by atoms with Crippen LogP contribution < -0.4 is 0 Å². The second-order valence-electron chi connectivity index (χ2n) is 4.66. The predicted molar refractivity (Wildman–Crippen MR) is 70.2 cm³/mol. The first kappa shape index (κ1) is 14.7. The summed E-state index contributed by atoms with van der Waals surface area (Å²) < 4.78 is 7.50. The highest BCUT2D eigenvalue weighted by Crippen LogP contribution is 2.14. The van der Waals surface area contributed by atoms with Crippen molar-refractivity contribution in [3.05, 3.63) is 23.0 Å². The zero-order valence-electron chi connectivity index (χ0n) is 11.6. The van der Waals surface area contributed by atoms with E-state index in [2.05, 4.69) is 4.90 Å². The van der Waals surface area contributed by atoms with Gasteiger partial charge in [-0.15, -0.1) is 0 Å². The molecule has 1 aromatic heterocycles. The molecule has 0 bridgehead atoms. The Morgan fingerprint density at radius 1 is 1.39 bits per heavy atom. The second-order valence-corrected chi connectivity index (χ2v) is 4.66. The van der Waals surface area contributed by atoms with Gasteiger partial charge in [0.2, 0.25) is 0 Å². The van der Waals surface area contributed by atoms with Crippen molar-refractivity contribution in [1.82, 2.24) is 9.47 Å². The van der Waals surface area contributed by atoms with Crippen LogP contribution in [-0.2, 0) is 11.3 Å². The van der Waals surface area contributed by atoms with Crippen molar-refractivity contribution in [2.75, 3.05) is 33.9 Å². The van der Waals surface area contributed by atoms with E-state index in [0.29, 0.717) is 25.3 Å². The molecule has 1 aromatic rings. The summed E-state index contributed by atoms with van der Waals surface area (Å²) in [5.74, 6) is -0.872. The van der Waals surface area contributed by atoms with Gasteiger partial charge >= 0.3 is 5.97 Å². The number of ether oxygens (including phenoxy) is 1. The van der Waals surface area contributed by atoms with Gasteiger partial charge in [-0.2, -0.15) is 0 Å². The third-order valence-electron chi connectivity index (χ3n) is 2.95. The van der Waals surface area contributed by atoms with Crippen LogP contribution in [0.4, 0.5) is 0 Å². The smallest absolute Gasteiger partial charge is 0.337 e. The van der Waals surface area contributed by atoms with Crippen LogP contribution in [0.2, 0.25) is 0 Å². The summed E-state index contributed by atoms with van der Waals surface area (Å²) in [6, 6.07) is 1.71. The molecule has 0 aromatic carbocycles. The lowest BCUT2D eigenvalue weighted by atomic mass is 10.2. The number of rotatable bonds is 7. The molecular formula is C13H22N2O3. The lowest BCUT2D eigenvalue weighted by molar-refractivity contribution is 0.0695. The number of carbonyl (C=O) groups is 1. The Morgan fingerprint density at radius 2 is 2.06 bits per heavy atom. The van der Waals surface area contributed by atoms with Gasteiger partial charge in [-0.25, -0.2) is 4.79 Å². The molecule has 1 heterocycles. The molecule has 1 N–H and O–H groups in total. The molecule has 0 aliphatic heterocycles. The van der Waals surface area contributed by atoms with E-state index < -0.39 is 5.97 Å². The van der Waals surface area contributed by atoms with Gasteiger partial charge in [0.1, 0.15) is 0 Å². The van der Waals surface area contributed by atoms with Gasteiger partial charge in [-0.3, -0.25) is 0 Å². The van der Waals surface area contributed by atoms with Crippen molar-refractivity contribution in [1.29, 1.82) is 0 Å². The number of hydrogen-bond acceptors (Lipinski definition) is 3. The summed E-state index contributed by atoms with van der Waals surface area (Å²) in [6.07, 6.45) is 0. The Kier molecular flexibility index (Phi) is 5.37. The van der Waals surface area contributed by atoms with E-state index in [9.17, 15) is 4.79 Å². The fourth-order valence-corrected chi connectivity index (χ4v) is 1.87. The monoisotopic (exact) mass is 254 g/mol. The van der Waals surface area contributed by atoms with E-state index in [0.717, 1.165) is 17.9 Å². The number of aromatic nitrogens is 1. The molecule has 18 heavy (non-hydrogen) atoms. The number of aromatic carboxylic acids is 1. The van der Waals surface area contributed by atoms with Crippen LogP contribution in [0.1, 0.15) is 21.7 Å². The van der Waals surface area contributed by atoms with Crippen LogP contribution in [-0.4, -0.2) is 54.4 Å². The molecular weight excluding hydrogens is 232 g/mol. The molecule has 0 aliphatic rings. The Hall–Kier alpha value is -1.33. The maximum atomic E-state index is 11.0. The Balaban J connectivity index is 2.50. The van der Waals surface area contributed by atoms with Crippen molar-refractivity contribution in [3.8, 4) is 0 Å².